The molecule has 1 aliphatic rings. The number of sulfonamides is 1. The van der Waals surface area contributed by atoms with Gasteiger partial charge in [-0.3, -0.25) is 9.52 Å². The first-order valence-corrected chi connectivity index (χ1v) is 12.0. The fourth-order valence-corrected chi connectivity index (χ4v) is 4.55. The maximum Gasteiger partial charge on any atom is 0.262 e. The van der Waals surface area contributed by atoms with Crippen molar-refractivity contribution in [2.24, 2.45) is 0 Å². The van der Waals surface area contributed by atoms with Crippen LogP contribution in [0.3, 0.4) is 0 Å². The van der Waals surface area contributed by atoms with Crippen LogP contribution in [0.1, 0.15) is 23.7 Å². The highest BCUT2D eigenvalue weighted by molar-refractivity contribution is 7.92. The van der Waals surface area contributed by atoms with E-state index in [4.69, 9.17) is 9.47 Å². The number of carbonyl (C=O) groups excluding carboxylic acids is 1. The van der Waals surface area contributed by atoms with E-state index in [1.807, 2.05) is 6.92 Å². The summed E-state index contributed by atoms with van der Waals surface area (Å²) in [5, 5.41) is 6.11. The number of nitrogens with zero attached hydrogens (tertiary/aromatic N) is 1. The minimum Gasteiger partial charge on any atom is -0.493 e. The van der Waals surface area contributed by atoms with Gasteiger partial charge < -0.3 is 25.0 Å². The summed E-state index contributed by atoms with van der Waals surface area (Å²) in [5.74, 6) is 0.498. The van der Waals surface area contributed by atoms with Gasteiger partial charge >= 0.3 is 0 Å². The number of anilines is 2. The van der Waals surface area contributed by atoms with Crippen LogP contribution in [0.15, 0.2) is 41.3 Å². The summed E-state index contributed by atoms with van der Waals surface area (Å²) in [6.07, 6.45) is 0.809. The smallest absolute Gasteiger partial charge is 0.262 e. The van der Waals surface area contributed by atoms with Gasteiger partial charge in [0.15, 0.2) is 11.5 Å². The molecule has 0 saturated carbocycles. The van der Waals surface area contributed by atoms with Gasteiger partial charge in [0.2, 0.25) is 0 Å². The fraction of sp³-hybridized carbons (Fsp3) is 0.409. The Hall–Kier alpha value is -2.98. The van der Waals surface area contributed by atoms with E-state index in [1.165, 1.54) is 26.4 Å². The van der Waals surface area contributed by atoms with Crippen molar-refractivity contribution in [3.8, 4) is 11.5 Å². The molecule has 1 amide bonds. The Morgan fingerprint density at radius 2 is 1.78 bits per heavy atom. The van der Waals surface area contributed by atoms with E-state index < -0.39 is 10.0 Å². The van der Waals surface area contributed by atoms with Crippen LogP contribution in [0.25, 0.3) is 0 Å². The third kappa shape index (κ3) is 5.43. The Morgan fingerprint density at radius 1 is 1.06 bits per heavy atom. The van der Waals surface area contributed by atoms with Crippen LogP contribution in [-0.2, 0) is 10.0 Å². The molecule has 0 unspecified atom stereocenters. The van der Waals surface area contributed by atoms with Crippen molar-refractivity contribution in [2.75, 3.05) is 56.6 Å². The highest BCUT2D eigenvalue weighted by Gasteiger charge is 2.22. The van der Waals surface area contributed by atoms with Crippen LogP contribution in [0, 0.1) is 0 Å². The van der Waals surface area contributed by atoms with E-state index in [2.05, 4.69) is 20.3 Å². The number of nitrogens with one attached hydrogen (secondary N) is 3. The summed E-state index contributed by atoms with van der Waals surface area (Å²) in [7, 11) is -1.02. The molecular weight excluding hydrogens is 432 g/mol. The maximum atomic E-state index is 13.2. The van der Waals surface area contributed by atoms with Crippen LogP contribution in [-0.4, -0.2) is 61.3 Å². The average molecular weight is 463 g/mol. The third-order valence-corrected chi connectivity index (χ3v) is 6.52. The second-order valence-electron chi connectivity index (χ2n) is 7.35. The summed E-state index contributed by atoms with van der Waals surface area (Å²) in [5.41, 5.74) is 1.47. The van der Waals surface area contributed by atoms with E-state index in [0.717, 1.165) is 38.3 Å². The summed E-state index contributed by atoms with van der Waals surface area (Å²) >= 11 is 0. The Kier molecular flexibility index (Phi) is 7.81. The number of piperazine rings is 1. The highest BCUT2D eigenvalue weighted by atomic mass is 32.2. The lowest BCUT2D eigenvalue weighted by atomic mass is 10.1. The molecule has 9 nitrogen and oxygen atoms in total. The molecule has 2 aromatic rings. The van der Waals surface area contributed by atoms with E-state index >= 15 is 0 Å². The zero-order chi connectivity index (χ0) is 23.1. The molecule has 0 aliphatic carbocycles. The van der Waals surface area contributed by atoms with Gasteiger partial charge in [0, 0.05) is 44.4 Å². The minimum absolute atomic E-state index is 0.0299. The molecule has 10 heteroatoms. The second kappa shape index (κ2) is 10.6. The SMILES string of the molecule is CCCNC(=O)c1ccc(N2CCNCC2)c(NS(=O)(=O)c2ccc(OC)c(OC)c2)c1. The second-order valence-corrected chi connectivity index (χ2v) is 9.03. The number of carbonyl (C=O) groups is 1. The molecule has 1 saturated heterocycles. The topological polar surface area (TPSA) is 109 Å². The molecular formula is C22H30N4O5S. The first-order chi connectivity index (χ1) is 15.4. The van der Waals surface area contributed by atoms with Gasteiger partial charge in [-0.05, 0) is 36.8 Å². The predicted molar refractivity (Wildman–Crippen MR) is 125 cm³/mol. The standard InChI is InChI=1S/C22H30N4O5S/c1-4-9-24-22(27)16-5-7-19(26-12-10-23-11-13-26)18(14-16)25-32(28,29)17-6-8-20(30-2)21(15-17)31-3/h5-8,14-15,23,25H,4,9-13H2,1-3H3,(H,24,27). The number of hydrogen-bond acceptors (Lipinski definition) is 7. The van der Waals surface area contributed by atoms with Gasteiger partial charge in [0.25, 0.3) is 15.9 Å². The molecule has 0 bridgehead atoms. The molecule has 0 radical (unpaired) electrons. The number of amides is 1. The van der Waals surface area contributed by atoms with Gasteiger partial charge in [-0.25, -0.2) is 8.42 Å². The van der Waals surface area contributed by atoms with Gasteiger partial charge in [-0.15, -0.1) is 0 Å². The van der Waals surface area contributed by atoms with Crippen LogP contribution >= 0.6 is 0 Å². The molecule has 3 rings (SSSR count). The zero-order valence-electron chi connectivity index (χ0n) is 18.6. The summed E-state index contributed by atoms with van der Waals surface area (Å²) < 4.78 is 39.6. The van der Waals surface area contributed by atoms with Crippen molar-refractivity contribution >= 4 is 27.3 Å². The first-order valence-electron chi connectivity index (χ1n) is 10.5. The summed E-state index contributed by atoms with van der Waals surface area (Å²) in [6, 6.07) is 9.49. The number of hydrogen-bond donors (Lipinski definition) is 3. The van der Waals surface area contributed by atoms with Crippen LogP contribution < -0.4 is 29.7 Å². The summed E-state index contributed by atoms with van der Waals surface area (Å²) in [6.45, 7) is 5.56. The van der Waals surface area contributed by atoms with Crippen molar-refractivity contribution in [1.29, 1.82) is 0 Å². The van der Waals surface area contributed by atoms with E-state index in [1.54, 1.807) is 24.3 Å². The van der Waals surface area contributed by atoms with Crippen LogP contribution in [0.4, 0.5) is 11.4 Å². The van der Waals surface area contributed by atoms with E-state index in [9.17, 15) is 13.2 Å². The number of benzene rings is 2. The first kappa shape index (κ1) is 23.7. The average Bonchev–Trinajstić information content (AvgIpc) is 2.82. The van der Waals surface area contributed by atoms with E-state index in [0.29, 0.717) is 29.3 Å². The van der Waals surface area contributed by atoms with Crippen molar-refractivity contribution in [3.63, 3.8) is 0 Å². The van der Waals surface area contributed by atoms with Gasteiger partial charge in [-0.1, -0.05) is 6.92 Å². The van der Waals surface area contributed by atoms with Gasteiger partial charge in [-0.2, -0.15) is 0 Å². The highest BCUT2D eigenvalue weighted by Crippen LogP contribution is 2.33. The van der Waals surface area contributed by atoms with Crippen molar-refractivity contribution < 1.29 is 22.7 Å². The largest absolute Gasteiger partial charge is 0.493 e. The molecule has 0 atom stereocenters. The van der Waals surface area contributed by atoms with Gasteiger partial charge in [0.05, 0.1) is 30.5 Å². The molecule has 32 heavy (non-hydrogen) atoms. The molecule has 0 aromatic heterocycles. The Labute approximate surface area is 189 Å². The molecule has 2 aromatic carbocycles. The molecule has 1 fully saturated rings. The molecule has 174 valence electrons. The number of rotatable bonds is 9. The fourth-order valence-electron chi connectivity index (χ4n) is 3.47. The van der Waals surface area contributed by atoms with Gasteiger partial charge in [0.1, 0.15) is 0 Å². The lowest BCUT2D eigenvalue weighted by Gasteiger charge is -2.31. The minimum atomic E-state index is -3.95. The van der Waals surface area contributed by atoms with Crippen molar-refractivity contribution in [1.82, 2.24) is 10.6 Å². The van der Waals surface area contributed by atoms with Crippen LogP contribution in [0.2, 0.25) is 0 Å². The Morgan fingerprint density at radius 3 is 2.44 bits per heavy atom. The Balaban J connectivity index is 1.98. The number of methoxy groups -OCH3 is 2. The maximum absolute atomic E-state index is 13.2. The van der Waals surface area contributed by atoms with Crippen molar-refractivity contribution in [3.05, 3.63) is 42.0 Å². The molecule has 1 heterocycles. The summed E-state index contributed by atoms with van der Waals surface area (Å²) in [4.78, 5) is 14.6. The monoisotopic (exact) mass is 462 g/mol. The molecule has 0 spiro atoms. The van der Waals surface area contributed by atoms with Crippen molar-refractivity contribution in [2.45, 2.75) is 18.2 Å². The Bertz CT molecular complexity index is 1050. The molecule has 1 aliphatic heterocycles. The zero-order valence-corrected chi connectivity index (χ0v) is 19.4. The third-order valence-electron chi connectivity index (χ3n) is 5.16. The normalized spacial score (nSPS) is 14.0. The van der Waals surface area contributed by atoms with E-state index in [-0.39, 0.29) is 10.8 Å². The lowest BCUT2D eigenvalue weighted by molar-refractivity contribution is 0.0953. The lowest BCUT2D eigenvalue weighted by Crippen LogP contribution is -2.43. The van der Waals surface area contributed by atoms with Crippen LogP contribution in [0.5, 0.6) is 11.5 Å². The quantitative estimate of drug-likeness (QED) is 0.523. The number of ether oxygens (including phenoxy) is 2. The molecule has 3 N–H and O–H groups in total. The predicted octanol–water partition coefficient (Wildman–Crippen LogP) is 2.05.